The Kier molecular flexibility index (Phi) is 6.76. The van der Waals surface area contributed by atoms with Gasteiger partial charge in [0, 0.05) is 0 Å². The van der Waals surface area contributed by atoms with Crippen LogP contribution in [0.15, 0.2) is 58.7 Å². The van der Waals surface area contributed by atoms with Gasteiger partial charge in [0.25, 0.3) is 0 Å². The number of aryl methyl sites for hydroxylation is 1. The molecule has 26 heavy (non-hydrogen) atoms. The molecule has 2 heteroatoms. The topological polar surface area (TPSA) is 24.7 Å². The normalized spacial score (nSPS) is 20.8. The zero-order chi connectivity index (χ0) is 18.2. The molecule has 0 bridgehead atoms. The summed E-state index contributed by atoms with van der Waals surface area (Å²) in [5.41, 5.74) is 5.04. The molecule has 1 aliphatic rings. The van der Waals surface area contributed by atoms with Crippen molar-refractivity contribution in [1.29, 1.82) is 0 Å². The third kappa shape index (κ3) is 5.39. The smallest absolute Gasteiger partial charge is 0.0568 e. The van der Waals surface area contributed by atoms with Crippen LogP contribution in [0.5, 0.6) is 0 Å². The molecule has 1 saturated carbocycles. The molecular formula is C24H30N2. The van der Waals surface area contributed by atoms with Gasteiger partial charge in [-0.1, -0.05) is 81.6 Å². The average Bonchev–Trinajstić information content (AvgIpc) is 2.68. The van der Waals surface area contributed by atoms with E-state index in [4.69, 9.17) is 0 Å². The highest BCUT2D eigenvalue weighted by atomic mass is 15.2. The Balaban J connectivity index is 1.53. The predicted molar refractivity (Wildman–Crippen MR) is 112 cm³/mol. The summed E-state index contributed by atoms with van der Waals surface area (Å²) in [5.74, 6) is 1.64. The SMILES string of the molecule is CCCc1ccc(/C=N/N=C/c2ccc(C3CCC(C)CC3)cc2)cc1. The first-order valence-corrected chi connectivity index (χ1v) is 10.00. The molecule has 0 aliphatic heterocycles. The summed E-state index contributed by atoms with van der Waals surface area (Å²) in [7, 11) is 0. The lowest BCUT2D eigenvalue weighted by Gasteiger charge is -2.26. The summed E-state index contributed by atoms with van der Waals surface area (Å²) in [5, 5.41) is 8.37. The predicted octanol–water partition coefficient (Wildman–Crippen LogP) is 6.39. The quantitative estimate of drug-likeness (QED) is 0.428. The molecule has 2 nitrogen and oxygen atoms in total. The monoisotopic (exact) mass is 346 g/mol. The lowest BCUT2D eigenvalue weighted by atomic mass is 9.79. The van der Waals surface area contributed by atoms with Crippen LogP contribution in [0, 0.1) is 5.92 Å². The Bertz CT molecular complexity index is 718. The van der Waals surface area contributed by atoms with Crippen molar-refractivity contribution in [2.45, 2.75) is 58.3 Å². The molecule has 0 heterocycles. The van der Waals surface area contributed by atoms with Crippen molar-refractivity contribution in [2.75, 3.05) is 0 Å². The maximum atomic E-state index is 4.19. The van der Waals surface area contributed by atoms with Gasteiger partial charge in [0.2, 0.25) is 0 Å². The van der Waals surface area contributed by atoms with Crippen molar-refractivity contribution >= 4 is 12.4 Å². The van der Waals surface area contributed by atoms with E-state index in [-0.39, 0.29) is 0 Å². The van der Waals surface area contributed by atoms with Gasteiger partial charge >= 0.3 is 0 Å². The molecule has 0 N–H and O–H groups in total. The average molecular weight is 347 g/mol. The second-order valence-electron chi connectivity index (χ2n) is 7.60. The van der Waals surface area contributed by atoms with Crippen LogP contribution in [-0.2, 0) is 6.42 Å². The maximum absolute atomic E-state index is 4.19. The van der Waals surface area contributed by atoms with Gasteiger partial charge in [0.1, 0.15) is 0 Å². The molecule has 136 valence electrons. The van der Waals surface area contributed by atoms with E-state index < -0.39 is 0 Å². The summed E-state index contributed by atoms with van der Waals surface area (Å²) < 4.78 is 0. The molecular weight excluding hydrogens is 316 g/mol. The van der Waals surface area contributed by atoms with Crippen LogP contribution in [0.3, 0.4) is 0 Å². The molecule has 0 saturated heterocycles. The van der Waals surface area contributed by atoms with Crippen LogP contribution in [-0.4, -0.2) is 12.4 Å². The van der Waals surface area contributed by atoms with Gasteiger partial charge in [-0.2, -0.15) is 10.2 Å². The second-order valence-corrected chi connectivity index (χ2v) is 7.60. The Morgan fingerprint density at radius 2 is 1.35 bits per heavy atom. The zero-order valence-electron chi connectivity index (χ0n) is 16.1. The highest BCUT2D eigenvalue weighted by Gasteiger charge is 2.19. The Hall–Kier alpha value is -2.22. The summed E-state index contributed by atoms with van der Waals surface area (Å²) in [6.07, 6.45) is 11.3. The molecule has 0 amide bonds. The molecule has 3 rings (SSSR count). The number of benzene rings is 2. The van der Waals surface area contributed by atoms with E-state index in [1.54, 1.807) is 0 Å². The fourth-order valence-electron chi connectivity index (χ4n) is 3.71. The van der Waals surface area contributed by atoms with Crippen molar-refractivity contribution in [2.24, 2.45) is 16.1 Å². The fourth-order valence-corrected chi connectivity index (χ4v) is 3.71. The lowest BCUT2D eigenvalue weighted by Crippen LogP contribution is -2.10. The third-order valence-electron chi connectivity index (χ3n) is 5.42. The Morgan fingerprint density at radius 3 is 1.88 bits per heavy atom. The van der Waals surface area contributed by atoms with Gasteiger partial charge in [-0.3, -0.25) is 0 Å². The van der Waals surface area contributed by atoms with Crippen molar-refractivity contribution in [3.8, 4) is 0 Å². The standard InChI is InChI=1S/C24H30N2/c1-3-4-20-7-9-21(10-8-20)17-25-26-18-22-11-15-24(16-12-22)23-13-5-19(2)6-14-23/h7-12,15-19,23H,3-6,13-14H2,1-2H3/b25-17+,26-18+. The molecule has 0 aromatic heterocycles. The van der Waals surface area contributed by atoms with E-state index in [0.29, 0.717) is 0 Å². The molecule has 1 fully saturated rings. The second kappa shape index (κ2) is 9.47. The van der Waals surface area contributed by atoms with Gasteiger partial charge in [-0.15, -0.1) is 0 Å². The van der Waals surface area contributed by atoms with Crippen LogP contribution >= 0.6 is 0 Å². The van der Waals surface area contributed by atoms with E-state index >= 15 is 0 Å². The lowest BCUT2D eigenvalue weighted by molar-refractivity contribution is 0.348. The highest BCUT2D eigenvalue weighted by Crippen LogP contribution is 2.35. The van der Waals surface area contributed by atoms with Crippen LogP contribution < -0.4 is 0 Å². The van der Waals surface area contributed by atoms with Crippen molar-refractivity contribution < 1.29 is 0 Å². The minimum atomic E-state index is 0.742. The molecule has 0 unspecified atom stereocenters. The largest absolute Gasteiger partial charge is 0.159 e. The van der Waals surface area contributed by atoms with Crippen molar-refractivity contribution in [3.63, 3.8) is 0 Å². The van der Waals surface area contributed by atoms with Gasteiger partial charge in [-0.25, -0.2) is 0 Å². The van der Waals surface area contributed by atoms with Crippen LogP contribution in [0.2, 0.25) is 0 Å². The Labute approximate surface area is 158 Å². The minimum Gasteiger partial charge on any atom is -0.159 e. The van der Waals surface area contributed by atoms with Crippen LogP contribution in [0.25, 0.3) is 0 Å². The summed E-state index contributed by atoms with van der Waals surface area (Å²) in [6.45, 7) is 4.57. The first kappa shape index (κ1) is 18.6. The number of hydrogen-bond donors (Lipinski definition) is 0. The first-order chi connectivity index (χ1) is 12.7. The number of nitrogens with zero attached hydrogens (tertiary/aromatic N) is 2. The van der Waals surface area contributed by atoms with Crippen molar-refractivity contribution in [1.82, 2.24) is 0 Å². The number of rotatable bonds is 6. The molecule has 2 aromatic carbocycles. The summed E-state index contributed by atoms with van der Waals surface area (Å²) >= 11 is 0. The fraction of sp³-hybridized carbons (Fsp3) is 0.417. The van der Waals surface area contributed by atoms with Crippen molar-refractivity contribution in [3.05, 3.63) is 70.8 Å². The molecule has 0 spiro atoms. The van der Waals surface area contributed by atoms with E-state index in [1.807, 2.05) is 12.4 Å². The van der Waals surface area contributed by atoms with Gasteiger partial charge in [-0.05, 0) is 53.4 Å². The molecule has 0 atom stereocenters. The van der Waals surface area contributed by atoms with Gasteiger partial charge in [0.15, 0.2) is 0 Å². The van der Waals surface area contributed by atoms with Gasteiger partial charge < -0.3 is 0 Å². The molecule has 1 aliphatic carbocycles. The number of hydrogen-bond acceptors (Lipinski definition) is 2. The van der Waals surface area contributed by atoms with E-state index in [1.165, 1.54) is 43.2 Å². The highest BCUT2D eigenvalue weighted by molar-refractivity contribution is 5.82. The Morgan fingerprint density at radius 1 is 0.808 bits per heavy atom. The minimum absolute atomic E-state index is 0.742. The third-order valence-corrected chi connectivity index (χ3v) is 5.42. The molecule has 0 radical (unpaired) electrons. The van der Waals surface area contributed by atoms with Crippen LogP contribution in [0.1, 0.15) is 74.1 Å². The first-order valence-electron chi connectivity index (χ1n) is 10.00. The van der Waals surface area contributed by atoms with E-state index in [9.17, 15) is 0 Å². The van der Waals surface area contributed by atoms with E-state index in [0.717, 1.165) is 29.4 Å². The van der Waals surface area contributed by atoms with Gasteiger partial charge in [0.05, 0.1) is 12.4 Å². The summed E-state index contributed by atoms with van der Waals surface area (Å²) in [4.78, 5) is 0. The zero-order valence-corrected chi connectivity index (χ0v) is 16.1. The summed E-state index contributed by atoms with van der Waals surface area (Å²) in [6, 6.07) is 17.4. The molecule has 2 aromatic rings. The van der Waals surface area contributed by atoms with E-state index in [2.05, 4.69) is 72.6 Å². The maximum Gasteiger partial charge on any atom is 0.0568 e. The van der Waals surface area contributed by atoms with Crippen LogP contribution in [0.4, 0.5) is 0 Å².